The van der Waals surface area contributed by atoms with Crippen molar-refractivity contribution in [2.45, 2.75) is 83.3 Å². The van der Waals surface area contributed by atoms with E-state index in [2.05, 4.69) is 33.9 Å². The van der Waals surface area contributed by atoms with Crippen LogP contribution in [-0.4, -0.2) is 59.7 Å². The Morgan fingerprint density at radius 2 is 1.85 bits per heavy atom. The highest BCUT2D eigenvalue weighted by Crippen LogP contribution is 2.46. The van der Waals surface area contributed by atoms with Crippen molar-refractivity contribution in [2.24, 2.45) is 11.8 Å². The summed E-state index contributed by atoms with van der Waals surface area (Å²) < 4.78 is 29.4. The molecule has 2 aliphatic rings. The monoisotopic (exact) mass is 388 g/mol. The predicted molar refractivity (Wildman–Crippen MR) is 101 cm³/mol. The van der Waals surface area contributed by atoms with E-state index in [0.29, 0.717) is 19.4 Å². The first kappa shape index (κ1) is 21.8. The van der Waals surface area contributed by atoms with Gasteiger partial charge in [-0.05, 0) is 31.5 Å². The van der Waals surface area contributed by atoms with Gasteiger partial charge in [-0.1, -0.05) is 20.8 Å². The Morgan fingerprint density at radius 3 is 2.35 bits per heavy atom. The third kappa shape index (κ3) is 4.33. The zero-order chi connectivity index (χ0) is 19.7. The summed E-state index contributed by atoms with van der Waals surface area (Å²) in [6.07, 6.45) is 0.370. The molecule has 1 heterocycles. The van der Waals surface area contributed by atoms with Gasteiger partial charge in [-0.2, -0.15) is 0 Å². The maximum absolute atomic E-state index is 12.5. The highest BCUT2D eigenvalue weighted by Gasteiger charge is 2.55. The van der Waals surface area contributed by atoms with Crippen LogP contribution in [0.15, 0.2) is 0 Å². The number of carbonyl (C=O) groups excluding carboxylic acids is 1. The van der Waals surface area contributed by atoms with Crippen LogP contribution in [0.3, 0.4) is 0 Å². The van der Waals surface area contributed by atoms with Crippen molar-refractivity contribution in [3.8, 4) is 0 Å². The molecule has 0 aromatic heterocycles. The molecule has 152 valence electrons. The molecule has 0 unspecified atom stereocenters. The Bertz CT molecular complexity index is 489. The Morgan fingerprint density at radius 1 is 1.19 bits per heavy atom. The highest BCUT2D eigenvalue weighted by molar-refractivity contribution is 6.74. The molecule has 0 aromatic carbocycles. The topological polar surface area (TPSA) is 63.2 Å². The van der Waals surface area contributed by atoms with Crippen molar-refractivity contribution < 1.29 is 28.2 Å². The van der Waals surface area contributed by atoms with Crippen LogP contribution in [0.1, 0.15) is 40.5 Å². The Kier molecular flexibility index (Phi) is 6.94. The molecular formula is C19H36O6Si. The fraction of sp³-hybridized carbons (Fsp3) is 0.947. The van der Waals surface area contributed by atoms with Crippen molar-refractivity contribution >= 4 is 14.3 Å². The fourth-order valence-electron chi connectivity index (χ4n) is 3.85. The second-order valence-electron chi connectivity index (χ2n) is 8.87. The molecular weight excluding hydrogens is 352 g/mol. The van der Waals surface area contributed by atoms with Gasteiger partial charge in [0, 0.05) is 26.1 Å². The first-order valence-electron chi connectivity index (χ1n) is 9.61. The van der Waals surface area contributed by atoms with Gasteiger partial charge in [0.05, 0.1) is 25.2 Å². The van der Waals surface area contributed by atoms with Crippen LogP contribution in [0, 0.1) is 11.8 Å². The second-order valence-corrected chi connectivity index (χ2v) is 13.6. The van der Waals surface area contributed by atoms with E-state index < -0.39 is 8.32 Å². The van der Waals surface area contributed by atoms with Gasteiger partial charge in [0.2, 0.25) is 0 Å². The molecule has 6 nitrogen and oxygen atoms in total. The summed E-state index contributed by atoms with van der Waals surface area (Å²) in [5, 5.41) is 0.0767. The van der Waals surface area contributed by atoms with E-state index in [1.165, 1.54) is 7.11 Å². The zero-order valence-electron chi connectivity index (χ0n) is 17.5. The molecule has 1 aliphatic heterocycles. The van der Waals surface area contributed by atoms with E-state index in [1.54, 1.807) is 7.11 Å². The summed E-state index contributed by atoms with van der Waals surface area (Å²) >= 11 is 0. The predicted octanol–water partition coefficient (Wildman–Crippen LogP) is 3.35. The van der Waals surface area contributed by atoms with E-state index >= 15 is 0 Å². The summed E-state index contributed by atoms with van der Waals surface area (Å²) in [6.45, 7) is 13.6. The van der Waals surface area contributed by atoms with Crippen LogP contribution in [-0.2, 0) is 28.2 Å². The van der Waals surface area contributed by atoms with Crippen molar-refractivity contribution in [1.82, 2.24) is 0 Å². The Hall–Kier alpha value is -0.473. The van der Waals surface area contributed by atoms with Crippen LogP contribution in [0.2, 0.25) is 18.1 Å². The van der Waals surface area contributed by atoms with Gasteiger partial charge < -0.3 is 23.4 Å². The quantitative estimate of drug-likeness (QED) is 0.514. The lowest BCUT2D eigenvalue weighted by atomic mass is 9.74. The molecule has 2 fully saturated rings. The standard InChI is InChI=1S/C19H36O6Si/c1-9-23-15-11-12-13(18(20)22-6)10-14(17(21-5)16(12)24-15)25-26(7,8)19(2,3)4/h12-17H,9-11H2,1-8H3/t12-,13-,14+,15+,16-,17-/m0/s1. The van der Waals surface area contributed by atoms with Gasteiger partial charge >= 0.3 is 5.97 Å². The lowest BCUT2D eigenvalue weighted by molar-refractivity contribution is -0.189. The molecule has 0 bridgehead atoms. The Balaban J connectivity index is 2.28. The van der Waals surface area contributed by atoms with Gasteiger partial charge in [-0.15, -0.1) is 0 Å². The SMILES string of the molecule is CCO[C@H]1C[C@@H]2[C@H](O1)[C@@H](OC)[C@H](O[Si](C)(C)C(C)(C)C)C[C@@H]2C(=O)OC. The second kappa shape index (κ2) is 8.27. The van der Waals surface area contributed by atoms with Crippen LogP contribution in [0.4, 0.5) is 0 Å². The number of hydrogen-bond acceptors (Lipinski definition) is 6. The van der Waals surface area contributed by atoms with Gasteiger partial charge in [0.1, 0.15) is 6.10 Å². The minimum Gasteiger partial charge on any atom is -0.469 e. The maximum Gasteiger partial charge on any atom is 0.309 e. The number of hydrogen-bond donors (Lipinski definition) is 0. The highest BCUT2D eigenvalue weighted by atomic mass is 28.4. The number of fused-ring (bicyclic) bond motifs is 1. The first-order valence-corrected chi connectivity index (χ1v) is 12.5. The van der Waals surface area contributed by atoms with Gasteiger partial charge in [-0.25, -0.2) is 0 Å². The van der Waals surface area contributed by atoms with E-state index in [0.717, 1.165) is 0 Å². The number of methoxy groups -OCH3 is 2. The van der Waals surface area contributed by atoms with E-state index in [-0.39, 0.29) is 47.4 Å². The van der Waals surface area contributed by atoms with Crippen molar-refractivity contribution in [3.63, 3.8) is 0 Å². The Labute approximate surface area is 159 Å². The summed E-state index contributed by atoms with van der Waals surface area (Å²) in [7, 11) is 1.12. The smallest absolute Gasteiger partial charge is 0.309 e. The van der Waals surface area contributed by atoms with Crippen LogP contribution in [0.5, 0.6) is 0 Å². The van der Waals surface area contributed by atoms with Crippen LogP contribution < -0.4 is 0 Å². The molecule has 0 spiro atoms. The first-order chi connectivity index (χ1) is 12.1. The van der Waals surface area contributed by atoms with Gasteiger partial charge in [-0.3, -0.25) is 4.79 Å². The summed E-state index contributed by atoms with van der Waals surface area (Å²) in [6, 6.07) is 0. The van der Waals surface area contributed by atoms with Crippen molar-refractivity contribution in [2.75, 3.05) is 20.8 Å². The maximum atomic E-state index is 12.5. The molecule has 1 saturated carbocycles. The third-order valence-electron chi connectivity index (χ3n) is 6.27. The largest absolute Gasteiger partial charge is 0.469 e. The molecule has 1 saturated heterocycles. The summed E-state index contributed by atoms with van der Waals surface area (Å²) in [5.74, 6) is -0.418. The molecule has 1 aliphatic carbocycles. The molecule has 6 atom stereocenters. The average molecular weight is 389 g/mol. The average Bonchev–Trinajstić information content (AvgIpc) is 2.95. The van der Waals surface area contributed by atoms with Gasteiger partial charge in [0.15, 0.2) is 14.6 Å². The van der Waals surface area contributed by atoms with Crippen LogP contribution in [0.25, 0.3) is 0 Å². The number of carbonyl (C=O) groups is 1. The van der Waals surface area contributed by atoms with Gasteiger partial charge in [0.25, 0.3) is 0 Å². The molecule has 7 heteroatoms. The minimum atomic E-state index is -2.02. The zero-order valence-corrected chi connectivity index (χ0v) is 18.5. The third-order valence-corrected chi connectivity index (χ3v) is 10.8. The van der Waals surface area contributed by atoms with Crippen molar-refractivity contribution in [1.29, 1.82) is 0 Å². The van der Waals surface area contributed by atoms with E-state index in [4.69, 9.17) is 23.4 Å². The molecule has 2 rings (SSSR count). The fourth-order valence-corrected chi connectivity index (χ4v) is 5.19. The lowest BCUT2D eigenvalue weighted by Gasteiger charge is -2.46. The molecule has 0 N–H and O–H groups in total. The number of esters is 1. The molecule has 26 heavy (non-hydrogen) atoms. The van der Waals surface area contributed by atoms with E-state index in [1.807, 2.05) is 6.92 Å². The van der Waals surface area contributed by atoms with E-state index in [9.17, 15) is 4.79 Å². The summed E-state index contributed by atoms with van der Waals surface area (Å²) in [4.78, 5) is 12.5. The number of ether oxygens (including phenoxy) is 4. The lowest BCUT2D eigenvalue weighted by Crippen LogP contribution is -2.57. The van der Waals surface area contributed by atoms with Crippen LogP contribution >= 0.6 is 0 Å². The number of rotatable bonds is 6. The summed E-state index contributed by atoms with van der Waals surface area (Å²) in [5.41, 5.74) is 0. The molecule has 0 radical (unpaired) electrons. The van der Waals surface area contributed by atoms with Crippen molar-refractivity contribution in [3.05, 3.63) is 0 Å². The normalized spacial score (nSPS) is 35.2. The minimum absolute atomic E-state index is 0.0308. The molecule has 0 aromatic rings. The molecule has 0 amide bonds.